The van der Waals surface area contributed by atoms with Gasteiger partial charge in [0.05, 0.1) is 0 Å². The molecular formula is C16H21ClN2O2. The van der Waals surface area contributed by atoms with Gasteiger partial charge in [0.2, 0.25) is 11.8 Å². The van der Waals surface area contributed by atoms with Crippen molar-refractivity contribution in [3.05, 3.63) is 29.3 Å². The van der Waals surface area contributed by atoms with Gasteiger partial charge in [-0.25, -0.2) is 0 Å². The average Bonchev–Trinajstić information content (AvgIpc) is 2.45. The van der Waals surface area contributed by atoms with Crippen LogP contribution in [0.1, 0.15) is 26.7 Å². The van der Waals surface area contributed by atoms with Crippen molar-refractivity contribution in [3.63, 3.8) is 0 Å². The van der Waals surface area contributed by atoms with Crippen molar-refractivity contribution in [1.82, 2.24) is 4.90 Å². The molecule has 1 atom stereocenters. The number of carbonyl (C=O) groups is 2. The average molecular weight is 309 g/mol. The van der Waals surface area contributed by atoms with E-state index in [1.165, 1.54) is 11.8 Å². The van der Waals surface area contributed by atoms with Gasteiger partial charge < -0.3 is 9.80 Å². The van der Waals surface area contributed by atoms with E-state index >= 15 is 0 Å². The topological polar surface area (TPSA) is 40.6 Å². The van der Waals surface area contributed by atoms with Crippen LogP contribution >= 0.6 is 11.6 Å². The monoisotopic (exact) mass is 308 g/mol. The molecule has 1 heterocycles. The van der Waals surface area contributed by atoms with E-state index in [0.717, 1.165) is 25.9 Å². The van der Waals surface area contributed by atoms with Gasteiger partial charge in [0.25, 0.3) is 0 Å². The number of amides is 2. The number of likely N-dealkylation sites (tertiary alicyclic amines) is 1. The highest BCUT2D eigenvalue weighted by Crippen LogP contribution is 2.20. The fraction of sp³-hybridized carbons (Fsp3) is 0.500. The summed E-state index contributed by atoms with van der Waals surface area (Å²) in [6.07, 6.45) is 2.20. The first kappa shape index (κ1) is 15.8. The molecule has 2 rings (SSSR count). The highest BCUT2D eigenvalue weighted by Gasteiger charge is 2.24. The van der Waals surface area contributed by atoms with E-state index in [9.17, 15) is 9.59 Å². The Morgan fingerprint density at radius 2 is 2.00 bits per heavy atom. The molecule has 2 amide bonds. The maximum absolute atomic E-state index is 12.4. The second-order valence-electron chi connectivity index (χ2n) is 5.67. The van der Waals surface area contributed by atoms with Crippen LogP contribution in [0.4, 0.5) is 5.69 Å². The first-order valence-electron chi connectivity index (χ1n) is 7.29. The molecule has 4 nitrogen and oxygen atoms in total. The summed E-state index contributed by atoms with van der Waals surface area (Å²) in [5.41, 5.74) is 0.699. The molecule has 1 fully saturated rings. The van der Waals surface area contributed by atoms with Crippen molar-refractivity contribution in [3.8, 4) is 0 Å². The molecule has 0 aromatic heterocycles. The molecule has 0 N–H and O–H groups in total. The number of anilines is 1. The highest BCUT2D eigenvalue weighted by atomic mass is 35.5. The van der Waals surface area contributed by atoms with E-state index in [1.807, 2.05) is 4.90 Å². The summed E-state index contributed by atoms with van der Waals surface area (Å²) < 4.78 is 0. The molecule has 1 aliphatic heterocycles. The number of piperidine rings is 1. The Morgan fingerprint density at radius 1 is 1.33 bits per heavy atom. The Hall–Kier alpha value is -1.55. The minimum absolute atomic E-state index is 0.00620. The molecule has 0 radical (unpaired) electrons. The van der Waals surface area contributed by atoms with E-state index in [1.54, 1.807) is 24.3 Å². The quantitative estimate of drug-likeness (QED) is 0.861. The van der Waals surface area contributed by atoms with Crippen molar-refractivity contribution in [2.75, 3.05) is 24.5 Å². The van der Waals surface area contributed by atoms with Crippen molar-refractivity contribution < 1.29 is 9.59 Å². The summed E-state index contributed by atoms with van der Waals surface area (Å²) >= 11 is 5.86. The Bertz CT molecular complexity index is 516. The number of hydrogen-bond donors (Lipinski definition) is 0. The van der Waals surface area contributed by atoms with Crippen molar-refractivity contribution in [1.29, 1.82) is 0 Å². The van der Waals surface area contributed by atoms with Crippen molar-refractivity contribution in [2.24, 2.45) is 5.92 Å². The number of carbonyl (C=O) groups excluding carboxylic acids is 2. The van der Waals surface area contributed by atoms with Crippen LogP contribution in [0.25, 0.3) is 0 Å². The third kappa shape index (κ3) is 4.21. The van der Waals surface area contributed by atoms with Crippen LogP contribution in [0.15, 0.2) is 24.3 Å². The molecule has 0 saturated carbocycles. The lowest BCUT2D eigenvalue weighted by molar-refractivity contribution is -0.132. The molecule has 21 heavy (non-hydrogen) atoms. The van der Waals surface area contributed by atoms with Crippen LogP contribution in [-0.2, 0) is 9.59 Å². The van der Waals surface area contributed by atoms with E-state index < -0.39 is 0 Å². The van der Waals surface area contributed by atoms with Crippen LogP contribution in [0, 0.1) is 5.92 Å². The third-order valence-corrected chi connectivity index (χ3v) is 4.07. The van der Waals surface area contributed by atoms with Crippen LogP contribution < -0.4 is 4.90 Å². The number of halogens is 1. The second kappa shape index (κ2) is 6.94. The fourth-order valence-electron chi connectivity index (χ4n) is 2.66. The van der Waals surface area contributed by atoms with Gasteiger partial charge in [0, 0.05) is 30.7 Å². The molecule has 0 bridgehead atoms. The maximum atomic E-state index is 12.4. The normalized spacial score (nSPS) is 18.4. The number of rotatable bonds is 3. The smallest absolute Gasteiger partial charge is 0.242 e. The van der Waals surface area contributed by atoms with E-state index in [2.05, 4.69) is 6.92 Å². The molecule has 0 spiro atoms. The van der Waals surface area contributed by atoms with Crippen LogP contribution in [0.2, 0.25) is 5.02 Å². The molecule has 1 unspecified atom stereocenters. The van der Waals surface area contributed by atoms with Gasteiger partial charge >= 0.3 is 0 Å². The molecule has 1 aromatic carbocycles. The summed E-state index contributed by atoms with van der Waals surface area (Å²) in [5.74, 6) is 0.395. The minimum Gasteiger partial charge on any atom is -0.341 e. The SMILES string of the molecule is CC(=O)N(CC(=O)N1CCCC(C)C1)c1ccc(Cl)cc1. The van der Waals surface area contributed by atoms with Gasteiger partial charge in [-0.15, -0.1) is 0 Å². The van der Waals surface area contributed by atoms with E-state index in [-0.39, 0.29) is 18.4 Å². The van der Waals surface area contributed by atoms with Gasteiger partial charge in [-0.3, -0.25) is 9.59 Å². The van der Waals surface area contributed by atoms with E-state index in [0.29, 0.717) is 16.6 Å². The van der Waals surface area contributed by atoms with Crippen LogP contribution in [0.3, 0.4) is 0 Å². The number of nitrogens with zero attached hydrogens (tertiary/aromatic N) is 2. The van der Waals surface area contributed by atoms with Gasteiger partial charge in [-0.1, -0.05) is 18.5 Å². The predicted octanol–water partition coefficient (Wildman–Crippen LogP) is 2.95. The summed E-state index contributed by atoms with van der Waals surface area (Å²) in [7, 11) is 0. The van der Waals surface area contributed by atoms with Gasteiger partial charge in [0.1, 0.15) is 6.54 Å². The Morgan fingerprint density at radius 3 is 2.57 bits per heavy atom. The molecular weight excluding hydrogens is 288 g/mol. The summed E-state index contributed by atoms with van der Waals surface area (Å²) in [4.78, 5) is 27.6. The first-order valence-corrected chi connectivity index (χ1v) is 7.66. The van der Waals surface area contributed by atoms with Crippen LogP contribution in [-0.4, -0.2) is 36.3 Å². The Balaban J connectivity index is 2.07. The zero-order valence-electron chi connectivity index (χ0n) is 12.5. The minimum atomic E-state index is -0.143. The summed E-state index contributed by atoms with van der Waals surface area (Å²) in [6, 6.07) is 6.96. The largest absolute Gasteiger partial charge is 0.341 e. The van der Waals surface area contributed by atoms with Crippen molar-refractivity contribution in [2.45, 2.75) is 26.7 Å². The van der Waals surface area contributed by atoms with Gasteiger partial charge in [0.15, 0.2) is 0 Å². The van der Waals surface area contributed by atoms with Gasteiger partial charge in [-0.05, 0) is 43.0 Å². The Kier molecular flexibility index (Phi) is 5.23. The molecule has 1 aliphatic rings. The predicted molar refractivity (Wildman–Crippen MR) is 84.5 cm³/mol. The fourth-order valence-corrected chi connectivity index (χ4v) is 2.78. The van der Waals surface area contributed by atoms with Crippen LogP contribution in [0.5, 0.6) is 0 Å². The third-order valence-electron chi connectivity index (χ3n) is 3.82. The molecule has 5 heteroatoms. The first-order chi connectivity index (χ1) is 9.97. The molecule has 1 aromatic rings. The maximum Gasteiger partial charge on any atom is 0.242 e. The van der Waals surface area contributed by atoms with E-state index in [4.69, 9.17) is 11.6 Å². The Labute approximate surface area is 130 Å². The van der Waals surface area contributed by atoms with Gasteiger partial charge in [-0.2, -0.15) is 0 Å². The standard InChI is InChI=1S/C16H21ClN2O2/c1-12-4-3-9-18(10-12)16(21)11-19(13(2)20)15-7-5-14(17)6-8-15/h5-8,12H,3-4,9-11H2,1-2H3. The zero-order valence-corrected chi connectivity index (χ0v) is 13.3. The summed E-state index contributed by atoms with van der Waals surface area (Å²) in [5, 5.41) is 0.610. The highest BCUT2D eigenvalue weighted by molar-refractivity contribution is 6.30. The molecule has 0 aliphatic carbocycles. The lowest BCUT2D eigenvalue weighted by Crippen LogP contribution is -2.46. The second-order valence-corrected chi connectivity index (χ2v) is 6.11. The summed E-state index contributed by atoms with van der Waals surface area (Å²) in [6.45, 7) is 5.28. The molecule has 114 valence electrons. The lowest BCUT2D eigenvalue weighted by Gasteiger charge is -2.32. The zero-order chi connectivity index (χ0) is 15.4. The number of benzene rings is 1. The number of hydrogen-bond acceptors (Lipinski definition) is 2. The van der Waals surface area contributed by atoms with Crippen molar-refractivity contribution >= 4 is 29.1 Å². The lowest BCUT2D eigenvalue weighted by atomic mass is 10.0. The molecule has 1 saturated heterocycles.